The van der Waals surface area contributed by atoms with E-state index in [-0.39, 0.29) is 5.56 Å². The average Bonchev–Trinajstić information content (AvgIpc) is 2.62. The van der Waals surface area contributed by atoms with E-state index in [1.807, 2.05) is 37.3 Å². The monoisotopic (exact) mass is 384 g/mol. The summed E-state index contributed by atoms with van der Waals surface area (Å²) in [7, 11) is 0. The van der Waals surface area contributed by atoms with Crippen LogP contribution in [0.25, 0.3) is 22.0 Å². The highest BCUT2D eigenvalue weighted by Gasteiger charge is 2.13. The minimum atomic E-state index is -0.216. The van der Waals surface area contributed by atoms with Crippen LogP contribution >= 0.6 is 23.2 Å². The van der Waals surface area contributed by atoms with E-state index >= 15 is 0 Å². The van der Waals surface area contributed by atoms with Crippen molar-refractivity contribution in [3.63, 3.8) is 0 Å². The summed E-state index contributed by atoms with van der Waals surface area (Å²) in [4.78, 5) is 19.6. The van der Waals surface area contributed by atoms with E-state index in [0.717, 1.165) is 22.4 Å². The molecule has 0 bridgehead atoms. The van der Waals surface area contributed by atoms with Crippen molar-refractivity contribution in [3.05, 3.63) is 80.4 Å². The minimum Gasteiger partial charge on any atom is -0.488 e. The summed E-state index contributed by atoms with van der Waals surface area (Å²) in [5.74, 6) is 1.10. The minimum absolute atomic E-state index is 0.216. The maximum atomic E-state index is 12.3. The molecule has 2 aromatic carbocycles. The van der Waals surface area contributed by atoms with Crippen LogP contribution in [0.2, 0.25) is 5.02 Å². The van der Waals surface area contributed by atoms with Gasteiger partial charge in [0, 0.05) is 10.6 Å². The second-order valence-electron chi connectivity index (χ2n) is 6.07. The predicted octanol–water partition coefficient (Wildman–Crippen LogP) is 4.94. The molecule has 130 valence electrons. The lowest BCUT2D eigenvalue weighted by Gasteiger charge is -2.16. The molecule has 4 rings (SSSR count). The van der Waals surface area contributed by atoms with E-state index < -0.39 is 0 Å². The van der Waals surface area contributed by atoms with Crippen LogP contribution in [0.5, 0.6) is 5.75 Å². The number of benzene rings is 2. The fourth-order valence-corrected chi connectivity index (χ4v) is 3.31. The Morgan fingerprint density at radius 2 is 2.15 bits per heavy atom. The number of aryl methyl sites for hydroxylation is 1. The van der Waals surface area contributed by atoms with Crippen LogP contribution < -0.4 is 10.3 Å². The zero-order valence-corrected chi connectivity index (χ0v) is 15.4. The molecular formula is C20H14Cl2N2O2. The summed E-state index contributed by atoms with van der Waals surface area (Å²) >= 11 is 12.5. The van der Waals surface area contributed by atoms with Crippen LogP contribution in [-0.4, -0.2) is 16.6 Å². The van der Waals surface area contributed by atoms with Crippen LogP contribution in [0.3, 0.4) is 0 Å². The Kier molecular flexibility index (Phi) is 4.31. The van der Waals surface area contributed by atoms with E-state index in [0.29, 0.717) is 33.4 Å². The number of aromatic nitrogens is 2. The van der Waals surface area contributed by atoms with E-state index in [1.165, 1.54) is 0 Å². The van der Waals surface area contributed by atoms with Crippen molar-refractivity contribution in [3.8, 4) is 5.75 Å². The average molecular weight is 385 g/mol. The van der Waals surface area contributed by atoms with Crippen molar-refractivity contribution in [1.82, 2.24) is 9.97 Å². The quantitative estimate of drug-likeness (QED) is 0.680. The normalized spacial score (nSPS) is 14.0. The Bertz CT molecular complexity index is 1150. The lowest BCUT2D eigenvalue weighted by atomic mass is 10.1. The molecule has 0 saturated carbocycles. The molecule has 4 nitrogen and oxygen atoms in total. The molecule has 0 atom stereocenters. The van der Waals surface area contributed by atoms with Gasteiger partial charge in [-0.05, 0) is 54.5 Å². The van der Waals surface area contributed by atoms with E-state index in [4.69, 9.17) is 27.9 Å². The molecule has 0 amide bonds. The van der Waals surface area contributed by atoms with Crippen molar-refractivity contribution in [2.24, 2.45) is 0 Å². The van der Waals surface area contributed by atoms with E-state index in [9.17, 15) is 4.79 Å². The molecule has 3 aromatic rings. The van der Waals surface area contributed by atoms with Gasteiger partial charge in [0.25, 0.3) is 5.56 Å². The number of rotatable bonds is 2. The fraction of sp³-hybridized carbons (Fsp3) is 0.100. The molecule has 0 spiro atoms. The molecular weight excluding hydrogens is 371 g/mol. The molecule has 1 aromatic heterocycles. The third-order valence-corrected chi connectivity index (χ3v) is 4.71. The molecule has 1 N–H and O–H groups in total. The van der Waals surface area contributed by atoms with Gasteiger partial charge in [-0.1, -0.05) is 35.3 Å². The van der Waals surface area contributed by atoms with Gasteiger partial charge in [0.2, 0.25) is 0 Å². The highest BCUT2D eigenvalue weighted by Crippen LogP contribution is 2.30. The van der Waals surface area contributed by atoms with Crippen LogP contribution in [0.4, 0.5) is 0 Å². The summed E-state index contributed by atoms with van der Waals surface area (Å²) in [6.07, 6.45) is 3.70. The first-order valence-corrected chi connectivity index (χ1v) is 8.77. The fourth-order valence-electron chi connectivity index (χ4n) is 2.90. The second-order valence-corrected chi connectivity index (χ2v) is 6.91. The summed E-state index contributed by atoms with van der Waals surface area (Å²) in [5, 5.41) is 1.52. The maximum absolute atomic E-state index is 12.3. The number of hydrogen-bond donors (Lipinski definition) is 1. The Balaban J connectivity index is 1.76. The first-order valence-electron chi connectivity index (χ1n) is 8.01. The molecule has 0 radical (unpaired) electrons. The first kappa shape index (κ1) is 16.9. The van der Waals surface area contributed by atoms with Gasteiger partial charge in [-0.3, -0.25) is 4.79 Å². The molecule has 0 saturated heterocycles. The second kappa shape index (κ2) is 6.63. The zero-order chi connectivity index (χ0) is 18.3. The van der Waals surface area contributed by atoms with Gasteiger partial charge in [-0.25, -0.2) is 4.98 Å². The maximum Gasteiger partial charge on any atom is 0.259 e. The topological polar surface area (TPSA) is 55.0 Å². The number of nitrogens with one attached hydrogen (secondary N) is 1. The van der Waals surface area contributed by atoms with Crippen molar-refractivity contribution < 1.29 is 4.74 Å². The first-order chi connectivity index (χ1) is 12.5. The molecule has 0 unspecified atom stereocenters. The van der Waals surface area contributed by atoms with E-state index in [2.05, 4.69) is 9.97 Å². The number of fused-ring (bicyclic) bond motifs is 2. The lowest BCUT2D eigenvalue weighted by Crippen LogP contribution is -2.11. The Morgan fingerprint density at radius 1 is 1.31 bits per heavy atom. The number of nitrogens with zero attached hydrogens (tertiary/aromatic N) is 1. The van der Waals surface area contributed by atoms with Crippen LogP contribution in [0.15, 0.2) is 52.8 Å². The van der Waals surface area contributed by atoms with Gasteiger partial charge in [-0.2, -0.15) is 0 Å². The standard InChI is InChI=1S/C20H14Cl2N2O2/c1-11-3-2-4-15-18(11)23-19(24-20(15)25)16(22)8-12-7-13-9-14(21)5-6-17(13)26-10-12/h2-9H,10H2,1H3,(H,23,24,25). The van der Waals surface area contributed by atoms with Gasteiger partial charge in [0.15, 0.2) is 5.82 Å². The molecule has 6 heteroatoms. The third-order valence-electron chi connectivity index (χ3n) is 4.18. The summed E-state index contributed by atoms with van der Waals surface area (Å²) in [6.45, 7) is 2.29. The number of aromatic amines is 1. The summed E-state index contributed by atoms with van der Waals surface area (Å²) in [5.41, 5.74) is 3.09. The Hall–Kier alpha value is -2.56. The molecule has 0 aliphatic carbocycles. The van der Waals surface area contributed by atoms with Crippen LogP contribution in [-0.2, 0) is 0 Å². The van der Waals surface area contributed by atoms with Crippen LogP contribution in [0, 0.1) is 6.92 Å². The number of ether oxygens (including phenoxy) is 1. The summed E-state index contributed by atoms with van der Waals surface area (Å²) < 4.78 is 5.72. The van der Waals surface area contributed by atoms with Gasteiger partial charge >= 0.3 is 0 Å². The molecule has 2 heterocycles. The van der Waals surface area contributed by atoms with Crippen molar-refractivity contribution in [1.29, 1.82) is 0 Å². The summed E-state index contributed by atoms with van der Waals surface area (Å²) in [6, 6.07) is 10.9. The smallest absolute Gasteiger partial charge is 0.259 e. The van der Waals surface area contributed by atoms with E-state index in [1.54, 1.807) is 18.2 Å². The molecule has 26 heavy (non-hydrogen) atoms. The predicted molar refractivity (Wildman–Crippen MR) is 106 cm³/mol. The van der Waals surface area contributed by atoms with Gasteiger partial charge in [0.1, 0.15) is 12.4 Å². The van der Waals surface area contributed by atoms with Crippen molar-refractivity contribution in [2.75, 3.05) is 6.61 Å². The highest BCUT2D eigenvalue weighted by molar-refractivity contribution is 6.48. The molecule has 1 aliphatic heterocycles. The lowest BCUT2D eigenvalue weighted by molar-refractivity contribution is 0.351. The highest BCUT2D eigenvalue weighted by atomic mass is 35.5. The third kappa shape index (κ3) is 3.14. The van der Waals surface area contributed by atoms with Gasteiger partial charge in [-0.15, -0.1) is 0 Å². The zero-order valence-electron chi connectivity index (χ0n) is 13.8. The van der Waals surface area contributed by atoms with Crippen molar-refractivity contribution in [2.45, 2.75) is 6.92 Å². The Labute approximate surface area is 159 Å². The van der Waals surface area contributed by atoms with Crippen molar-refractivity contribution >= 4 is 45.2 Å². The van der Waals surface area contributed by atoms with Gasteiger partial charge in [0.05, 0.1) is 15.9 Å². The Morgan fingerprint density at radius 3 is 3.00 bits per heavy atom. The van der Waals surface area contributed by atoms with Gasteiger partial charge < -0.3 is 9.72 Å². The molecule has 0 fully saturated rings. The number of halogens is 2. The largest absolute Gasteiger partial charge is 0.488 e. The van der Waals surface area contributed by atoms with Crippen LogP contribution in [0.1, 0.15) is 17.0 Å². The number of H-pyrrole nitrogens is 1. The molecule has 1 aliphatic rings. The number of para-hydroxylation sites is 1. The number of hydrogen-bond acceptors (Lipinski definition) is 3. The SMILES string of the molecule is Cc1cccc2c(=O)[nH]c(C(Cl)=CC3=Cc4cc(Cl)ccc4OC3)nc12.